The molecule has 0 aromatic heterocycles. The van der Waals surface area contributed by atoms with Gasteiger partial charge in [0.2, 0.25) is 0 Å². The van der Waals surface area contributed by atoms with Crippen molar-refractivity contribution in [3.63, 3.8) is 0 Å². The number of hydrogen-bond acceptors (Lipinski definition) is 2. The van der Waals surface area contributed by atoms with Crippen molar-refractivity contribution >= 4 is 0 Å². The van der Waals surface area contributed by atoms with Crippen molar-refractivity contribution in [3.8, 4) is 0 Å². The van der Waals surface area contributed by atoms with Crippen molar-refractivity contribution in [3.05, 3.63) is 0 Å². The second-order valence-corrected chi connectivity index (χ2v) is 3.46. The highest BCUT2D eigenvalue weighted by atomic mass is 19.4. The summed E-state index contributed by atoms with van der Waals surface area (Å²) in [6.45, 7) is 5.44. The standard InChI is InChI=1S/C10H20F3NO/c1-3-7-14-9(8-15-4-2)5-6-10(11,12)13/h9,14H,3-8H2,1-2H3. The highest BCUT2D eigenvalue weighted by Crippen LogP contribution is 2.22. The van der Waals surface area contributed by atoms with Gasteiger partial charge in [-0.25, -0.2) is 0 Å². The summed E-state index contributed by atoms with van der Waals surface area (Å²) in [4.78, 5) is 0. The van der Waals surface area contributed by atoms with Crippen LogP contribution in [0.2, 0.25) is 0 Å². The Morgan fingerprint density at radius 3 is 2.40 bits per heavy atom. The summed E-state index contributed by atoms with van der Waals surface area (Å²) in [5.74, 6) is 0. The molecule has 0 saturated heterocycles. The van der Waals surface area contributed by atoms with Gasteiger partial charge in [-0.05, 0) is 26.3 Å². The number of halogens is 3. The van der Waals surface area contributed by atoms with E-state index < -0.39 is 12.6 Å². The largest absolute Gasteiger partial charge is 0.389 e. The smallest absolute Gasteiger partial charge is 0.380 e. The molecule has 0 aromatic carbocycles. The summed E-state index contributed by atoms with van der Waals surface area (Å²) in [7, 11) is 0. The van der Waals surface area contributed by atoms with Crippen molar-refractivity contribution in [2.75, 3.05) is 19.8 Å². The van der Waals surface area contributed by atoms with Gasteiger partial charge in [0.1, 0.15) is 0 Å². The van der Waals surface area contributed by atoms with Crippen molar-refractivity contribution in [1.82, 2.24) is 5.32 Å². The maximum atomic E-state index is 12.0. The minimum Gasteiger partial charge on any atom is -0.380 e. The Bertz CT molecular complexity index is 142. The maximum Gasteiger partial charge on any atom is 0.389 e. The maximum absolute atomic E-state index is 12.0. The molecular formula is C10H20F3NO. The molecule has 0 fully saturated rings. The van der Waals surface area contributed by atoms with Crippen LogP contribution in [0.3, 0.4) is 0 Å². The first-order valence-electron chi connectivity index (χ1n) is 5.37. The SMILES string of the molecule is CCCNC(CCC(F)(F)F)COCC. The van der Waals surface area contributed by atoms with Gasteiger partial charge in [-0.15, -0.1) is 0 Å². The van der Waals surface area contributed by atoms with Crippen LogP contribution in [0.4, 0.5) is 13.2 Å². The topological polar surface area (TPSA) is 21.3 Å². The zero-order valence-corrected chi connectivity index (χ0v) is 9.36. The molecule has 0 saturated carbocycles. The van der Waals surface area contributed by atoms with Crippen LogP contribution in [0.5, 0.6) is 0 Å². The molecule has 0 rings (SSSR count). The number of ether oxygens (including phenoxy) is 1. The second-order valence-electron chi connectivity index (χ2n) is 3.46. The molecule has 0 aliphatic heterocycles. The van der Waals surface area contributed by atoms with E-state index in [4.69, 9.17) is 4.74 Å². The molecule has 5 heteroatoms. The Hall–Kier alpha value is -0.290. The predicted molar refractivity (Wildman–Crippen MR) is 53.9 cm³/mol. The minimum atomic E-state index is -4.07. The highest BCUT2D eigenvalue weighted by Gasteiger charge is 2.28. The van der Waals surface area contributed by atoms with E-state index in [2.05, 4.69) is 5.32 Å². The van der Waals surface area contributed by atoms with Crippen LogP contribution in [0.15, 0.2) is 0 Å². The number of nitrogens with one attached hydrogen (secondary N) is 1. The monoisotopic (exact) mass is 227 g/mol. The van der Waals surface area contributed by atoms with Crippen molar-refractivity contribution < 1.29 is 17.9 Å². The fourth-order valence-corrected chi connectivity index (χ4v) is 1.19. The van der Waals surface area contributed by atoms with E-state index in [1.807, 2.05) is 13.8 Å². The summed E-state index contributed by atoms with van der Waals surface area (Å²) in [5.41, 5.74) is 0. The predicted octanol–water partition coefficient (Wildman–Crippen LogP) is 2.73. The van der Waals surface area contributed by atoms with E-state index >= 15 is 0 Å². The summed E-state index contributed by atoms with van der Waals surface area (Å²) in [5, 5.41) is 3.05. The van der Waals surface area contributed by atoms with Gasteiger partial charge in [-0.2, -0.15) is 13.2 Å². The summed E-state index contributed by atoms with van der Waals surface area (Å²) in [6.07, 6.45) is -3.82. The quantitative estimate of drug-likeness (QED) is 0.688. The Morgan fingerprint density at radius 2 is 1.93 bits per heavy atom. The molecule has 92 valence electrons. The Labute approximate surface area is 89.2 Å². The molecule has 0 aliphatic rings. The molecule has 0 amide bonds. The zero-order valence-electron chi connectivity index (χ0n) is 9.36. The lowest BCUT2D eigenvalue weighted by Crippen LogP contribution is -2.35. The van der Waals surface area contributed by atoms with Gasteiger partial charge in [0.25, 0.3) is 0 Å². The molecule has 0 radical (unpaired) electrons. The van der Waals surface area contributed by atoms with E-state index in [9.17, 15) is 13.2 Å². The van der Waals surface area contributed by atoms with Gasteiger partial charge in [-0.3, -0.25) is 0 Å². The first kappa shape index (κ1) is 14.7. The van der Waals surface area contributed by atoms with Crippen LogP contribution in [-0.4, -0.2) is 32.0 Å². The molecule has 1 N–H and O–H groups in total. The average Bonchev–Trinajstić information content (AvgIpc) is 2.15. The van der Waals surface area contributed by atoms with Gasteiger partial charge in [0, 0.05) is 19.1 Å². The number of rotatable bonds is 8. The molecule has 0 spiro atoms. The third-order valence-electron chi connectivity index (χ3n) is 1.98. The molecule has 2 nitrogen and oxygen atoms in total. The lowest BCUT2D eigenvalue weighted by molar-refractivity contribution is -0.137. The Morgan fingerprint density at radius 1 is 1.27 bits per heavy atom. The summed E-state index contributed by atoms with van der Waals surface area (Å²) in [6, 6.07) is -0.188. The van der Waals surface area contributed by atoms with Crippen LogP contribution in [0.25, 0.3) is 0 Å². The molecule has 0 aromatic rings. The molecular weight excluding hydrogens is 207 g/mol. The van der Waals surface area contributed by atoms with Crippen molar-refractivity contribution in [2.45, 2.75) is 45.3 Å². The van der Waals surface area contributed by atoms with Crippen LogP contribution in [0.1, 0.15) is 33.1 Å². The van der Waals surface area contributed by atoms with Crippen LogP contribution in [0, 0.1) is 0 Å². The van der Waals surface area contributed by atoms with Crippen LogP contribution < -0.4 is 5.32 Å². The Kier molecular flexibility index (Phi) is 7.78. The number of hydrogen-bond donors (Lipinski definition) is 1. The van der Waals surface area contributed by atoms with Crippen molar-refractivity contribution in [1.29, 1.82) is 0 Å². The second kappa shape index (κ2) is 7.93. The average molecular weight is 227 g/mol. The van der Waals surface area contributed by atoms with E-state index in [1.165, 1.54) is 0 Å². The number of alkyl halides is 3. The Balaban J connectivity index is 3.78. The molecule has 0 heterocycles. The van der Waals surface area contributed by atoms with Gasteiger partial charge in [-0.1, -0.05) is 6.92 Å². The first-order valence-corrected chi connectivity index (χ1v) is 5.37. The zero-order chi connectivity index (χ0) is 11.7. The van der Waals surface area contributed by atoms with Gasteiger partial charge in [0.15, 0.2) is 0 Å². The fourth-order valence-electron chi connectivity index (χ4n) is 1.19. The lowest BCUT2D eigenvalue weighted by atomic mass is 10.1. The van der Waals surface area contributed by atoms with E-state index in [0.29, 0.717) is 13.2 Å². The van der Waals surface area contributed by atoms with E-state index in [1.54, 1.807) is 0 Å². The minimum absolute atomic E-state index is 0.0868. The molecule has 15 heavy (non-hydrogen) atoms. The van der Waals surface area contributed by atoms with Gasteiger partial charge < -0.3 is 10.1 Å². The third-order valence-corrected chi connectivity index (χ3v) is 1.98. The fraction of sp³-hybridized carbons (Fsp3) is 1.00. The summed E-state index contributed by atoms with van der Waals surface area (Å²) >= 11 is 0. The molecule has 1 atom stereocenters. The van der Waals surface area contributed by atoms with E-state index in [-0.39, 0.29) is 12.5 Å². The van der Waals surface area contributed by atoms with Gasteiger partial charge >= 0.3 is 6.18 Å². The van der Waals surface area contributed by atoms with Crippen LogP contribution in [-0.2, 0) is 4.74 Å². The normalized spacial score (nSPS) is 14.2. The van der Waals surface area contributed by atoms with Crippen LogP contribution >= 0.6 is 0 Å². The summed E-state index contributed by atoms with van der Waals surface area (Å²) < 4.78 is 41.1. The third kappa shape index (κ3) is 10.0. The van der Waals surface area contributed by atoms with E-state index in [0.717, 1.165) is 13.0 Å². The molecule has 0 aliphatic carbocycles. The highest BCUT2D eigenvalue weighted by molar-refractivity contribution is 4.68. The van der Waals surface area contributed by atoms with Crippen molar-refractivity contribution in [2.24, 2.45) is 0 Å². The molecule has 0 bridgehead atoms. The molecule has 1 unspecified atom stereocenters. The van der Waals surface area contributed by atoms with Gasteiger partial charge in [0.05, 0.1) is 6.61 Å². The lowest BCUT2D eigenvalue weighted by Gasteiger charge is -2.18. The first-order chi connectivity index (χ1) is 6.99.